The molecule has 2 nitrogen and oxygen atoms in total. The van der Waals surface area contributed by atoms with Crippen LogP contribution in [0.25, 0.3) is 0 Å². The van der Waals surface area contributed by atoms with Crippen LogP contribution in [0.15, 0.2) is 54.6 Å². The zero-order valence-corrected chi connectivity index (χ0v) is 10.7. The van der Waals surface area contributed by atoms with E-state index in [4.69, 9.17) is 10.5 Å². The van der Waals surface area contributed by atoms with E-state index in [0.29, 0.717) is 6.61 Å². The number of aryl methyl sites for hydroxylation is 1. The van der Waals surface area contributed by atoms with Gasteiger partial charge < -0.3 is 10.5 Å². The Labute approximate surface area is 108 Å². The fourth-order valence-corrected chi connectivity index (χ4v) is 1.89. The fraction of sp³-hybridized carbons (Fsp3) is 0.250. The second-order valence-corrected chi connectivity index (χ2v) is 4.53. The fourth-order valence-electron chi connectivity index (χ4n) is 1.89. The molecule has 0 aliphatic rings. The number of hydrogen-bond donors (Lipinski definition) is 1. The van der Waals surface area contributed by atoms with Gasteiger partial charge in [0.15, 0.2) is 0 Å². The summed E-state index contributed by atoms with van der Waals surface area (Å²) in [6.45, 7) is 2.58. The van der Waals surface area contributed by atoms with Gasteiger partial charge in [0.05, 0.1) is 0 Å². The van der Waals surface area contributed by atoms with Crippen LogP contribution in [0, 0.1) is 6.92 Å². The van der Waals surface area contributed by atoms with Gasteiger partial charge in [0.2, 0.25) is 0 Å². The molecule has 18 heavy (non-hydrogen) atoms. The highest BCUT2D eigenvalue weighted by Crippen LogP contribution is 2.16. The van der Waals surface area contributed by atoms with E-state index in [0.717, 1.165) is 17.7 Å². The second-order valence-electron chi connectivity index (χ2n) is 4.53. The summed E-state index contributed by atoms with van der Waals surface area (Å²) in [4.78, 5) is 0. The Balaban J connectivity index is 1.86. The molecule has 2 aromatic rings. The Morgan fingerprint density at radius 1 is 1.00 bits per heavy atom. The number of rotatable bonds is 5. The third-order valence-corrected chi connectivity index (χ3v) is 2.89. The predicted octanol–water partition coefficient (Wildman–Crippen LogP) is 2.94. The van der Waals surface area contributed by atoms with Gasteiger partial charge in [-0.2, -0.15) is 0 Å². The lowest BCUT2D eigenvalue weighted by molar-refractivity contribution is 0.286. The third kappa shape index (κ3) is 3.60. The van der Waals surface area contributed by atoms with Crippen molar-refractivity contribution in [2.24, 2.45) is 5.73 Å². The lowest BCUT2D eigenvalue weighted by Gasteiger charge is -2.14. The van der Waals surface area contributed by atoms with Gasteiger partial charge in [-0.3, -0.25) is 0 Å². The van der Waals surface area contributed by atoms with E-state index in [-0.39, 0.29) is 6.04 Å². The van der Waals surface area contributed by atoms with Gasteiger partial charge in [-0.15, -0.1) is 0 Å². The van der Waals surface area contributed by atoms with Gasteiger partial charge in [-0.05, 0) is 30.5 Å². The first kappa shape index (κ1) is 12.7. The van der Waals surface area contributed by atoms with Crippen LogP contribution in [0.3, 0.4) is 0 Å². The summed E-state index contributed by atoms with van der Waals surface area (Å²) in [7, 11) is 0. The Bertz CT molecular complexity index is 481. The second kappa shape index (κ2) is 6.22. The molecule has 0 aliphatic heterocycles. The molecule has 2 heteroatoms. The average molecular weight is 241 g/mol. The number of hydrogen-bond acceptors (Lipinski definition) is 2. The highest BCUT2D eigenvalue weighted by molar-refractivity contribution is 5.31. The van der Waals surface area contributed by atoms with Crippen LogP contribution in [0.2, 0.25) is 0 Å². The standard InChI is InChI=1S/C16H19NO/c1-13-7-5-6-10-16(13)18-12-15(17)11-14-8-3-2-4-9-14/h2-10,15H,11-12,17H2,1H3/t15-/m0/s1. The summed E-state index contributed by atoms with van der Waals surface area (Å²) in [5, 5.41) is 0. The molecule has 2 aromatic carbocycles. The molecular formula is C16H19NO. The minimum absolute atomic E-state index is 0.0204. The van der Waals surface area contributed by atoms with Gasteiger partial charge >= 0.3 is 0 Å². The predicted molar refractivity (Wildman–Crippen MR) is 74.8 cm³/mol. The van der Waals surface area contributed by atoms with Crippen molar-refractivity contribution < 1.29 is 4.74 Å². The van der Waals surface area contributed by atoms with E-state index in [2.05, 4.69) is 12.1 Å². The molecule has 0 aliphatic carbocycles. The molecule has 2 rings (SSSR count). The monoisotopic (exact) mass is 241 g/mol. The van der Waals surface area contributed by atoms with Crippen molar-refractivity contribution in [3.63, 3.8) is 0 Å². The van der Waals surface area contributed by atoms with Crippen molar-refractivity contribution in [1.82, 2.24) is 0 Å². The molecule has 0 aromatic heterocycles. The Morgan fingerprint density at radius 2 is 1.67 bits per heavy atom. The van der Waals surface area contributed by atoms with Gasteiger partial charge in [0, 0.05) is 6.04 Å². The number of para-hydroxylation sites is 1. The average Bonchev–Trinajstić information content (AvgIpc) is 2.39. The molecule has 0 amide bonds. The van der Waals surface area contributed by atoms with E-state index in [1.54, 1.807) is 0 Å². The van der Waals surface area contributed by atoms with E-state index in [1.165, 1.54) is 5.56 Å². The lowest BCUT2D eigenvalue weighted by Crippen LogP contribution is -2.30. The van der Waals surface area contributed by atoms with Gasteiger partial charge in [0.1, 0.15) is 12.4 Å². The van der Waals surface area contributed by atoms with Gasteiger partial charge in [-0.1, -0.05) is 48.5 Å². The number of benzene rings is 2. The highest BCUT2D eigenvalue weighted by Gasteiger charge is 2.06. The first-order chi connectivity index (χ1) is 8.75. The Hall–Kier alpha value is -1.80. The SMILES string of the molecule is Cc1ccccc1OC[C@@H](N)Cc1ccccc1. The molecule has 0 spiro atoms. The van der Waals surface area contributed by atoms with Crippen LogP contribution in [0.5, 0.6) is 5.75 Å². The van der Waals surface area contributed by atoms with E-state index in [1.807, 2.05) is 49.4 Å². The van der Waals surface area contributed by atoms with Crippen molar-refractivity contribution in [3.8, 4) is 5.75 Å². The number of nitrogens with two attached hydrogens (primary N) is 1. The van der Waals surface area contributed by atoms with Crippen molar-refractivity contribution in [3.05, 3.63) is 65.7 Å². The molecule has 2 N–H and O–H groups in total. The Kier molecular flexibility index (Phi) is 4.37. The van der Waals surface area contributed by atoms with E-state index >= 15 is 0 Å². The third-order valence-electron chi connectivity index (χ3n) is 2.89. The van der Waals surface area contributed by atoms with E-state index in [9.17, 15) is 0 Å². The van der Waals surface area contributed by atoms with Gasteiger partial charge in [-0.25, -0.2) is 0 Å². The molecule has 1 atom stereocenters. The lowest BCUT2D eigenvalue weighted by atomic mass is 10.1. The van der Waals surface area contributed by atoms with Crippen molar-refractivity contribution >= 4 is 0 Å². The van der Waals surface area contributed by atoms with Crippen molar-refractivity contribution in [2.45, 2.75) is 19.4 Å². The van der Waals surface area contributed by atoms with Crippen LogP contribution in [-0.4, -0.2) is 12.6 Å². The Morgan fingerprint density at radius 3 is 2.39 bits per heavy atom. The maximum absolute atomic E-state index is 6.08. The summed E-state index contributed by atoms with van der Waals surface area (Å²) in [5.41, 5.74) is 8.47. The molecule has 0 bridgehead atoms. The molecular weight excluding hydrogens is 222 g/mol. The molecule has 0 unspecified atom stereocenters. The van der Waals surface area contributed by atoms with Gasteiger partial charge in [0.25, 0.3) is 0 Å². The summed E-state index contributed by atoms with van der Waals surface area (Å²) in [5.74, 6) is 0.918. The summed E-state index contributed by atoms with van der Waals surface area (Å²) < 4.78 is 5.75. The molecule has 0 fully saturated rings. The molecule has 0 saturated heterocycles. The maximum Gasteiger partial charge on any atom is 0.122 e. The maximum atomic E-state index is 6.08. The first-order valence-corrected chi connectivity index (χ1v) is 6.23. The summed E-state index contributed by atoms with van der Waals surface area (Å²) in [6.07, 6.45) is 0.840. The molecule has 94 valence electrons. The number of ether oxygens (including phenoxy) is 1. The molecule has 0 heterocycles. The van der Waals surface area contributed by atoms with Crippen molar-refractivity contribution in [2.75, 3.05) is 6.61 Å². The quantitative estimate of drug-likeness (QED) is 0.873. The normalized spacial score (nSPS) is 12.1. The zero-order valence-electron chi connectivity index (χ0n) is 10.7. The van der Waals surface area contributed by atoms with Crippen LogP contribution in [0.4, 0.5) is 0 Å². The van der Waals surface area contributed by atoms with Crippen LogP contribution >= 0.6 is 0 Å². The minimum atomic E-state index is 0.0204. The molecule has 0 saturated carbocycles. The summed E-state index contributed by atoms with van der Waals surface area (Å²) >= 11 is 0. The zero-order chi connectivity index (χ0) is 12.8. The highest BCUT2D eigenvalue weighted by atomic mass is 16.5. The van der Waals surface area contributed by atoms with E-state index < -0.39 is 0 Å². The van der Waals surface area contributed by atoms with Crippen LogP contribution in [-0.2, 0) is 6.42 Å². The topological polar surface area (TPSA) is 35.2 Å². The largest absolute Gasteiger partial charge is 0.492 e. The van der Waals surface area contributed by atoms with Crippen LogP contribution < -0.4 is 10.5 Å². The first-order valence-electron chi connectivity index (χ1n) is 6.23. The smallest absolute Gasteiger partial charge is 0.122 e. The van der Waals surface area contributed by atoms with Crippen LogP contribution in [0.1, 0.15) is 11.1 Å². The van der Waals surface area contributed by atoms with Crippen molar-refractivity contribution in [1.29, 1.82) is 0 Å². The minimum Gasteiger partial charge on any atom is -0.492 e. The summed E-state index contributed by atoms with van der Waals surface area (Å²) in [6, 6.07) is 18.3. The molecule has 0 radical (unpaired) electrons.